The number of carbonyl (C=O) groups excluding carboxylic acids is 2. The Morgan fingerprint density at radius 1 is 0.923 bits per heavy atom. The van der Waals surface area contributed by atoms with E-state index in [2.05, 4.69) is 19.0 Å². The van der Waals surface area contributed by atoms with Crippen LogP contribution in [0.25, 0.3) is 21.2 Å². The lowest BCUT2D eigenvalue weighted by molar-refractivity contribution is 0.0572. The number of benzene rings is 3. The first-order valence-electron chi connectivity index (χ1n) is 13.3. The van der Waals surface area contributed by atoms with E-state index in [9.17, 15) is 9.59 Å². The second-order valence-electron chi connectivity index (χ2n) is 10.5. The molecule has 1 aromatic heterocycles. The molecule has 1 amide bonds. The Morgan fingerprint density at radius 3 is 2.21 bits per heavy atom. The van der Waals surface area contributed by atoms with Crippen LogP contribution >= 0.6 is 22.9 Å². The Balaban J connectivity index is 1.49. The molecule has 0 spiro atoms. The van der Waals surface area contributed by atoms with Crippen molar-refractivity contribution in [3.63, 3.8) is 0 Å². The van der Waals surface area contributed by atoms with Crippen LogP contribution in [0.3, 0.4) is 0 Å². The fourth-order valence-corrected chi connectivity index (χ4v) is 6.96. The van der Waals surface area contributed by atoms with E-state index in [4.69, 9.17) is 11.6 Å². The Labute approximate surface area is 238 Å². The van der Waals surface area contributed by atoms with Gasteiger partial charge < -0.3 is 9.80 Å². The average molecular weight is 563 g/mol. The van der Waals surface area contributed by atoms with Crippen molar-refractivity contribution in [2.75, 3.05) is 14.1 Å². The van der Waals surface area contributed by atoms with Crippen molar-refractivity contribution >= 4 is 44.7 Å². The smallest absolute Gasteiger partial charge is 0.266 e. The first-order valence-corrected chi connectivity index (χ1v) is 14.5. The minimum atomic E-state index is -0.346. The summed E-state index contributed by atoms with van der Waals surface area (Å²) in [4.78, 5) is 30.4. The van der Waals surface area contributed by atoms with Crippen LogP contribution in [0.5, 0.6) is 0 Å². The second kappa shape index (κ2) is 11.6. The van der Waals surface area contributed by atoms with Crippen LogP contribution in [0.2, 0.25) is 5.02 Å². The van der Waals surface area contributed by atoms with Gasteiger partial charge in [-0.05, 0) is 76.0 Å². The van der Waals surface area contributed by atoms with Crippen LogP contribution < -0.4 is 0 Å². The number of Topliss-reactive ketones (excluding diaryl/α,β-unsaturated/α-hetero) is 1. The van der Waals surface area contributed by atoms with Crippen molar-refractivity contribution in [3.05, 3.63) is 93.6 Å². The van der Waals surface area contributed by atoms with E-state index in [1.54, 1.807) is 18.2 Å². The highest BCUT2D eigenvalue weighted by Crippen LogP contribution is 2.38. The molecule has 0 bridgehead atoms. The van der Waals surface area contributed by atoms with Crippen molar-refractivity contribution < 1.29 is 14.0 Å². The molecule has 3 aromatic carbocycles. The highest BCUT2D eigenvalue weighted by molar-refractivity contribution is 7.21. The van der Waals surface area contributed by atoms with Gasteiger partial charge in [0.05, 0.1) is 5.02 Å². The van der Waals surface area contributed by atoms with Gasteiger partial charge in [0.1, 0.15) is 10.7 Å². The van der Waals surface area contributed by atoms with Gasteiger partial charge in [-0.1, -0.05) is 60.1 Å². The molecule has 202 valence electrons. The highest BCUT2D eigenvalue weighted by Gasteiger charge is 2.32. The number of thiophene rings is 1. The number of ketones is 1. The number of rotatable bonds is 7. The Hall–Kier alpha value is -3.06. The minimum Gasteiger partial charge on any atom is -0.330 e. The molecule has 5 rings (SSSR count). The molecule has 39 heavy (non-hydrogen) atoms. The maximum atomic E-state index is 15.3. The van der Waals surface area contributed by atoms with Crippen molar-refractivity contribution in [2.24, 2.45) is 0 Å². The number of fused-ring (bicyclic) bond motifs is 1. The Bertz CT molecular complexity index is 1510. The standard InChI is InChI=1S/C32H32ClFN2O2S/c1-20(37)21-8-10-22(11-9-21)23-12-17-28(34)24(18-23)19-36(26-15-13-25(14-16-26)35(2)3)32(38)31-30(33)27-6-4-5-7-29(27)39-31/h4-12,17-18,25-26H,13-16,19H2,1-3H3/t25-,26-. The zero-order chi connectivity index (χ0) is 27.7. The van der Waals surface area contributed by atoms with Gasteiger partial charge in [-0.2, -0.15) is 0 Å². The molecular formula is C32H32ClFN2O2S. The van der Waals surface area contributed by atoms with Crippen molar-refractivity contribution in [2.45, 2.75) is 51.2 Å². The van der Waals surface area contributed by atoms with E-state index in [1.165, 1.54) is 24.3 Å². The Kier molecular flexibility index (Phi) is 8.17. The molecule has 0 N–H and O–H groups in total. The number of hydrogen-bond donors (Lipinski definition) is 0. The van der Waals surface area contributed by atoms with Gasteiger partial charge in [-0.15, -0.1) is 11.3 Å². The topological polar surface area (TPSA) is 40.6 Å². The fourth-order valence-electron chi connectivity index (χ4n) is 5.49. The number of nitrogens with zero attached hydrogens (tertiary/aromatic N) is 2. The lowest BCUT2D eigenvalue weighted by atomic mass is 9.89. The largest absolute Gasteiger partial charge is 0.330 e. The minimum absolute atomic E-state index is 0.000569. The summed E-state index contributed by atoms with van der Waals surface area (Å²) in [5.74, 6) is -0.495. The van der Waals surface area contributed by atoms with Crippen molar-refractivity contribution in [3.8, 4) is 11.1 Å². The summed E-state index contributed by atoms with van der Waals surface area (Å²) in [6.45, 7) is 1.69. The molecule has 0 radical (unpaired) electrons. The van der Waals surface area contributed by atoms with Gasteiger partial charge >= 0.3 is 0 Å². The monoisotopic (exact) mass is 562 g/mol. The molecule has 0 aliphatic heterocycles. The highest BCUT2D eigenvalue weighted by atomic mass is 35.5. The van der Waals surface area contributed by atoms with Crippen molar-refractivity contribution in [1.82, 2.24) is 9.80 Å². The molecule has 0 atom stereocenters. The van der Waals surface area contributed by atoms with E-state index >= 15 is 4.39 Å². The van der Waals surface area contributed by atoms with Crippen LogP contribution in [0.4, 0.5) is 4.39 Å². The number of carbonyl (C=O) groups is 2. The van der Waals surface area contributed by atoms with Crippen LogP contribution in [-0.2, 0) is 6.54 Å². The molecule has 4 aromatic rings. The summed E-state index contributed by atoms with van der Waals surface area (Å²) in [5, 5.41) is 1.33. The molecule has 1 saturated carbocycles. The van der Waals surface area contributed by atoms with E-state index < -0.39 is 0 Å². The zero-order valence-corrected chi connectivity index (χ0v) is 24.0. The van der Waals surface area contributed by atoms with Crippen LogP contribution in [0.15, 0.2) is 66.7 Å². The normalized spacial score (nSPS) is 17.5. The molecule has 1 aliphatic carbocycles. The third-order valence-corrected chi connectivity index (χ3v) is 9.50. The second-order valence-corrected chi connectivity index (χ2v) is 12.0. The van der Waals surface area contributed by atoms with Gasteiger partial charge in [0.2, 0.25) is 0 Å². The number of amides is 1. The number of halogens is 2. The maximum absolute atomic E-state index is 15.3. The summed E-state index contributed by atoms with van der Waals surface area (Å²) < 4.78 is 16.2. The summed E-state index contributed by atoms with van der Waals surface area (Å²) in [7, 11) is 4.18. The maximum Gasteiger partial charge on any atom is 0.266 e. The molecule has 4 nitrogen and oxygen atoms in total. The van der Waals surface area contributed by atoms with Crippen LogP contribution in [-0.4, -0.2) is 47.7 Å². The predicted molar refractivity (Wildman–Crippen MR) is 158 cm³/mol. The Morgan fingerprint density at radius 2 is 1.56 bits per heavy atom. The summed E-state index contributed by atoms with van der Waals surface area (Å²) in [5.41, 5.74) is 2.82. The van der Waals surface area contributed by atoms with Crippen LogP contribution in [0, 0.1) is 5.82 Å². The predicted octanol–water partition coefficient (Wildman–Crippen LogP) is 8.08. The zero-order valence-electron chi connectivity index (χ0n) is 22.4. The first kappa shape index (κ1) is 27.5. The van der Waals surface area contributed by atoms with Gasteiger partial charge in [-0.25, -0.2) is 4.39 Å². The van der Waals surface area contributed by atoms with Crippen molar-refractivity contribution in [1.29, 1.82) is 0 Å². The quantitative estimate of drug-likeness (QED) is 0.214. The lowest BCUT2D eigenvalue weighted by Gasteiger charge is -2.39. The third kappa shape index (κ3) is 5.79. The molecule has 0 unspecified atom stereocenters. The first-order chi connectivity index (χ1) is 18.7. The SMILES string of the molecule is CC(=O)c1ccc(-c2ccc(F)c(CN(C(=O)c3sc4ccccc4c3Cl)[C@H]3CC[C@H](N(C)C)CC3)c2)cc1. The molecule has 7 heteroatoms. The molecule has 1 heterocycles. The summed E-state index contributed by atoms with van der Waals surface area (Å²) >= 11 is 8.13. The molecular weight excluding hydrogens is 531 g/mol. The van der Waals surface area contributed by atoms with E-state index in [1.807, 2.05) is 47.4 Å². The summed E-state index contributed by atoms with van der Waals surface area (Å²) in [6.07, 6.45) is 3.66. The molecule has 0 saturated heterocycles. The summed E-state index contributed by atoms with van der Waals surface area (Å²) in [6, 6.07) is 20.5. The van der Waals surface area contributed by atoms with E-state index in [0.717, 1.165) is 46.9 Å². The van der Waals surface area contributed by atoms with Gasteiger partial charge in [-0.3, -0.25) is 9.59 Å². The number of hydrogen-bond acceptors (Lipinski definition) is 4. The van der Waals surface area contributed by atoms with E-state index in [0.29, 0.717) is 27.1 Å². The van der Waals surface area contributed by atoms with Gasteiger partial charge in [0.15, 0.2) is 5.78 Å². The lowest BCUT2D eigenvalue weighted by Crippen LogP contribution is -2.44. The third-order valence-electron chi connectivity index (χ3n) is 7.84. The molecule has 1 fully saturated rings. The average Bonchev–Trinajstić information content (AvgIpc) is 3.28. The van der Waals surface area contributed by atoms with Gasteiger partial charge in [0.25, 0.3) is 5.91 Å². The van der Waals surface area contributed by atoms with E-state index in [-0.39, 0.29) is 30.1 Å². The van der Waals surface area contributed by atoms with Crippen LogP contribution in [0.1, 0.15) is 58.2 Å². The van der Waals surface area contributed by atoms with Gasteiger partial charge in [0, 0.05) is 39.8 Å². The fraction of sp³-hybridized carbons (Fsp3) is 0.312. The molecule has 1 aliphatic rings.